The summed E-state index contributed by atoms with van der Waals surface area (Å²) in [6, 6.07) is 0.220. The smallest absolute Gasteiger partial charge is 0.325 e. The minimum Gasteiger partial charge on any atom is -0.468 e. The molecule has 0 spiro atoms. The van der Waals surface area contributed by atoms with Gasteiger partial charge >= 0.3 is 5.97 Å². The van der Waals surface area contributed by atoms with Gasteiger partial charge in [-0.2, -0.15) is 0 Å². The molecule has 0 amide bonds. The van der Waals surface area contributed by atoms with Gasteiger partial charge in [0.05, 0.1) is 13.2 Å². The van der Waals surface area contributed by atoms with Crippen molar-refractivity contribution in [1.82, 2.24) is 5.32 Å². The van der Waals surface area contributed by atoms with Crippen molar-refractivity contribution in [1.29, 1.82) is 0 Å². The molecule has 0 aliphatic rings. The molecule has 0 aliphatic carbocycles. The highest BCUT2D eigenvalue weighted by atomic mass is 16.5. The van der Waals surface area contributed by atoms with Crippen LogP contribution in [0.1, 0.15) is 41.0 Å². The molecule has 1 N–H and O–H groups in total. The van der Waals surface area contributed by atoms with Gasteiger partial charge in [-0.1, -0.05) is 0 Å². The summed E-state index contributed by atoms with van der Waals surface area (Å²) in [7, 11) is 1.41. The summed E-state index contributed by atoms with van der Waals surface area (Å²) in [5, 5.41) is 3.24. The first-order valence-corrected chi connectivity index (χ1v) is 5.83. The number of hydrogen-bond acceptors (Lipinski definition) is 4. The number of hydrogen-bond donors (Lipinski definition) is 1. The second-order valence-corrected chi connectivity index (χ2v) is 4.59. The fourth-order valence-electron chi connectivity index (χ4n) is 1.98. The van der Waals surface area contributed by atoms with E-state index in [1.54, 1.807) is 0 Å². The molecule has 0 aromatic heterocycles. The van der Waals surface area contributed by atoms with Crippen LogP contribution in [-0.4, -0.2) is 37.4 Å². The molecule has 0 rings (SSSR count). The third-order valence-electron chi connectivity index (χ3n) is 2.39. The number of carbonyl (C=O) groups excluding carboxylic acids is 1. The Hall–Kier alpha value is -0.610. The maximum atomic E-state index is 11.8. The highest BCUT2D eigenvalue weighted by Crippen LogP contribution is 2.17. The Balaban J connectivity index is 4.59. The van der Waals surface area contributed by atoms with E-state index in [1.165, 1.54) is 7.11 Å². The molecule has 2 atom stereocenters. The zero-order valence-corrected chi connectivity index (χ0v) is 11.3. The molecule has 96 valence electrons. The lowest BCUT2D eigenvalue weighted by atomic mass is 9.94. The van der Waals surface area contributed by atoms with Crippen LogP contribution < -0.4 is 5.32 Å². The molecule has 0 radical (unpaired) electrons. The summed E-state index contributed by atoms with van der Waals surface area (Å²) in [4.78, 5) is 11.8. The maximum absolute atomic E-state index is 11.8. The normalized spacial score (nSPS) is 16.9. The van der Waals surface area contributed by atoms with Crippen LogP contribution in [0.2, 0.25) is 0 Å². The standard InChI is InChI=1S/C12H25NO3/c1-7-16-10(4)8-12(5,11(14)15-6)13-9(2)3/h9-10,13H,7-8H2,1-6H3. The van der Waals surface area contributed by atoms with Gasteiger partial charge in [-0.3, -0.25) is 10.1 Å². The van der Waals surface area contributed by atoms with Crippen molar-refractivity contribution >= 4 is 5.97 Å². The number of methoxy groups -OCH3 is 1. The SMILES string of the molecule is CCOC(C)CC(C)(NC(C)C)C(=O)OC. The number of ether oxygens (including phenoxy) is 2. The van der Waals surface area contributed by atoms with E-state index in [9.17, 15) is 4.79 Å². The average molecular weight is 231 g/mol. The largest absolute Gasteiger partial charge is 0.468 e. The van der Waals surface area contributed by atoms with Crippen LogP contribution in [-0.2, 0) is 14.3 Å². The molecule has 0 bridgehead atoms. The fraction of sp³-hybridized carbons (Fsp3) is 0.917. The van der Waals surface area contributed by atoms with E-state index < -0.39 is 5.54 Å². The zero-order valence-electron chi connectivity index (χ0n) is 11.3. The molecular weight excluding hydrogens is 206 g/mol. The van der Waals surface area contributed by atoms with Gasteiger partial charge in [-0.15, -0.1) is 0 Å². The van der Waals surface area contributed by atoms with Gasteiger partial charge in [0.2, 0.25) is 0 Å². The molecule has 2 unspecified atom stereocenters. The van der Waals surface area contributed by atoms with Crippen molar-refractivity contribution in [3.63, 3.8) is 0 Å². The topological polar surface area (TPSA) is 47.6 Å². The number of rotatable bonds is 7. The second-order valence-electron chi connectivity index (χ2n) is 4.59. The van der Waals surface area contributed by atoms with E-state index in [2.05, 4.69) is 5.32 Å². The Morgan fingerprint density at radius 1 is 1.38 bits per heavy atom. The van der Waals surface area contributed by atoms with Crippen molar-refractivity contribution in [2.24, 2.45) is 0 Å². The molecule has 0 saturated carbocycles. The summed E-state index contributed by atoms with van der Waals surface area (Å²) in [5.74, 6) is -0.243. The van der Waals surface area contributed by atoms with Gasteiger partial charge < -0.3 is 9.47 Å². The molecule has 4 nitrogen and oxygen atoms in total. The van der Waals surface area contributed by atoms with Crippen LogP contribution in [0, 0.1) is 0 Å². The Morgan fingerprint density at radius 2 is 1.94 bits per heavy atom. The van der Waals surface area contributed by atoms with Gasteiger partial charge in [0.15, 0.2) is 0 Å². The average Bonchev–Trinajstić information content (AvgIpc) is 2.15. The molecular formula is C12H25NO3. The summed E-state index contributed by atoms with van der Waals surface area (Å²) >= 11 is 0. The number of nitrogens with one attached hydrogen (secondary N) is 1. The number of esters is 1. The summed E-state index contributed by atoms with van der Waals surface area (Å²) in [6.45, 7) is 10.4. The van der Waals surface area contributed by atoms with Crippen LogP contribution in [0.5, 0.6) is 0 Å². The predicted molar refractivity (Wildman–Crippen MR) is 64.4 cm³/mol. The van der Waals surface area contributed by atoms with Crippen molar-refractivity contribution in [3.8, 4) is 0 Å². The molecule has 16 heavy (non-hydrogen) atoms. The lowest BCUT2D eigenvalue weighted by molar-refractivity contribution is -0.150. The van der Waals surface area contributed by atoms with E-state index in [-0.39, 0.29) is 18.1 Å². The number of carbonyl (C=O) groups is 1. The first-order valence-electron chi connectivity index (χ1n) is 5.83. The maximum Gasteiger partial charge on any atom is 0.325 e. The Labute approximate surface area is 98.7 Å². The molecule has 0 heterocycles. The van der Waals surface area contributed by atoms with E-state index in [4.69, 9.17) is 9.47 Å². The molecule has 4 heteroatoms. The Bertz CT molecular complexity index is 218. The third kappa shape index (κ3) is 4.94. The second kappa shape index (κ2) is 6.86. The van der Waals surface area contributed by atoms with Crippen molar-refractivity contribution in [2.75, 3.05) is 13.7 Å². The van der Waals surface area contributed by atoms with Crippen LogP contribution >= 0.6 is 0 Å². The van der Waals surface area contributed by atoms with E-state index >= 15 is 0 Å². The minimum atomic E-state index is -0.683. The van der Waals surface area contributed by atoms with Crippen LogP contribution in [0.25, 0.3) is 0 Å². The van der Waals surface area contributed by atoms with E-state index in [1.807, 2.05) is 34.6 Å². The van der Waals surface area contributed by atoms with E-state index in [0.717, 1.165) is 0 Å². The highest BCUT2D eigenvalue weighted by molar-refractivity contribution is 5.80. The van der Waals surface area contributed by atoms with Gasteiger partial charge in [-0.25, -0.2) is 0 Å². The summed E-state index contributed by atoms with van der Waals surface area (Å²) in [6.07, 6.45) is 0.631. The van der Waals surface area contributed by atoms with Gasteiger partial charge in [0, 0.05) is 19.1 Å². The lowest BCUT2D eigenvalue weighted by Gasteiger charge is -2.32. The van der Waals surface area contributed by atoms with Gasteiger partial charge in [0.25, 0.3) is 0 Å². The predicted octanol–water partition coefficient (Wildman–Crippen LogP) is 1.73. The lowest BCUT2D eigenvalue weighted by Crippen LogP contribution is -2.54. The summed E-state index contributed by atoms with van der Waals surface area (Å²) < 4.78 is 10.3. The Morgan fingerprint density at radius 3 is 2.31 bits per heavy atom. The van der Waals surface area contributed by atoms with Gasteiger partial charge in [0.1, 0.15) is 5.54 Å². The molecule has 0 aromatic carbocycles. The van der Waals surface area contributed by atoms with Crippen molar-refractivity contribution in [2.45, 2.75) is 58.7 Å². The monoisotopic (exact) mass is 231 g/mol. The third-order valence-corrected chi connectivity index (χ3v) is 2.39. The quantitative estimate of drug-likeness (QED) is 0.678. The molecule has 0 aliphatic heterocycles. The van der Waals surface area contributed by atoms with Crippen LogP contribution in [0.15, 0.2) is 0 Å². The van der Waals surface area contributed by atoms with Gasteiger partial charge in [-0.05, 0) is 34.6 Å². The highest BCUT2D eigenvalue weighted by Gasteiger charge is 2.36. The van der Waals surface area contributed by atoms with Crippen molar-refractivity contribution in [3.05, 3.63) is 0 Å². The van der Waals surface area contributed by atoms with Crippen LogP contribution in [0.3, 0.4) is 0 Å². The first-order chi connectivity index (χ1) is 7.35. The first kappa shape index (κ1) is 15.4. The molecule has 0 aromatic rings. The minimum absolute atomic E-state index is 0.0281. The zero-order chi connectivity index (χ0) is 12.8. The Kier molecular flexibility index (Phi) is 6.60. The summed E-state index contributed by atoms with van der Waals surface area (Å²) in [5.41, 5.74) is -0.683. The van der Waals surface area contributed by atoms with Crippen molar-refractivity contribution < 1.29 is 14.3 Å². The van der Waals surface area contributed by atoms with Crippen LogP contribution in [0.4, 0.5) is 0 Å². The molecule has 0 saturated heterocycles. The molecule has 0 fully saturated rings. The fourth-order valence-corrected chi connectivity index (χ4v) is 1.98. The van der Waals surface area contributed by atoms with E-state index in [0.29, 0.717) is 13.0 Å².